The molecule has 0 aromatic heterocycles. The van der Waals surface area contributed by atoms with Crippen LogP contribution in [0.3, 0.4) is 0 Å². The summed E-state index contributed by atoms with van der Waals surface area (Å²) in [7, 11) is 0. The summed E-state index contributed by atoms with van der Waals surface area (Å²) in [6.07, 6.45) is 0.692. The minimum absolute atomic E-state index is 0.0370. The van der Waals surface area contributed by atoms with E-state index >= 15 is 0 Å². The van der Waals surface area contributed by atoms with Crippen LogP contribution in [-0.2, 0) is 9.53 Å². The molecule has 2 atom stereocenters. The van der Waals surface area contributed by atoms with E-state index in [0.29, 0.717) is 13.0 Å². The number of ether oxygens (including phenoxy) is 1. The molecule has 1 aliphatic heterocycles. The largest absolute Gasteiger partial charge is 0.362 e. The third-order valence-electron chi connectivity index (χ3n) is 1.88. The highest BCUT2D eigenvalue weighted by Gasteiger charge is 2.48. The minimum Gasteiger partial charge on any atom is -0.362 e. The van der Waals surface area contributed by atoms with Gasteiger partial charge in [0.25, 0.3) is 0 Å². The first-order valence-corrected chi connectivity index (χ1v) is 3.54. The van der Waals surface area contributed by atoms with Gasteiger partial charge in [0, 0.05) is 0 Å². The second-order valence-corrected chi connectivity index (χ2v) is 2.90. The van der Waals surface area contributed by atoms with Gasteiger partial charge < -0.3 is 10.5 Å². The summed E-state index contributed by atoms with van der Waals surface area (Å²) < 4.78 is 4.95. The van der Waals surface area contributed by atoms with Crippen molar-refractivity contribution in [1.29, 1.82) is 0 Å². The van der Waals surface area contributed by atoms with E-state index in [1.807, 2.05) is 6.92 Å². The van der Waals surface area contributed by atoms with Crippen molar-refractivity contribution < 1.29 is 9.53 Å². The van der Waals surface area contributed by atoms with E-state index in [1.54, 1.807) is 6.92 Å². The summed E-state index contributed by atoms with van der Waals surface area (Å²) >= 11 is 0. The maximum Gasteiger partial charge on any atom is 0.183 e. The molecule has 0 aromatic rings. The number of carbonyl (C=O) groups excluding carboxylic acids is 1. The molecule has 10 heavy (non-hydrogen) atoms. The zero-order valence-corrected chi connectivity index (χ0v) is 6.39. The standard InChI is InChI=1S/C7H13NO2/c1-3-5(8)6(9)7(2)4-10-7/h5H,3-4,8H2,1-2H3. The van der Waals surface area contributed by atoms with Crippen molar-refractivity contribution in [3.8, 4) is 0 Å². The van der Waals surface area contributed by atoms with Crippen molar-refractivity contribution in [3.05, 3.63) is 0 Å². The van der Waals surface area contributed by atoms with Crippen molar-refractivity contribution in [2.45, 2.75) is 31.9 Å². The summed E-state index contributed by atoms with van der Waals surface area (Å²) in [6.45, 7) is 4.22. The molecule has 1 saturated heterocycles. The normalized spacial score (nSPS) is 33.5. The Hall–Kier alpha value is -0.410. The molecule has 0 spiro atoms. The number of epoxide rings is 1. The van der Waals surface area contributed by atoms with Crippen molar-refractivity contribution in [1.82, 2.24) is 0 Å². The second-order valence-electron chi connectivity index (χ2n) is 2.90. The van der Waals surface area contributed by atoms with Gasteiger partial charge in [-0.2, -0.15) is 0 Å². The molecule has 0 radical (unpaired) electrons. The van der Waals surface area contributed by atoms with E-state index in [1.165, 1.54) is 0 Å². The molecule has 0 aliphatic carbocycles. The Morgan fingerprint density at radius 3 is 2.70 bits per heavy atom. The minimum atomic E-state index is -0.532. The van der Waals surface area contributed by atoms with Gasteiger partial charge in [-0.05, 0) is 13.3 Å². The van der Waals surface area contributed by atoms with Gasteiger partial charge >= 0.3 is 0 Å². The first-order chi connectivity index (χ1) is 4.60. The number of nitrogens with two attached hydrogens (primary N) is 1. The first kappa shape index (κ1) is 7.69. The number of rotatable bonds is 3. The number of hydrogen-bond acceptors (Lipinski definition) is 3. The maximum atomic E-state index is 11.2. The van der Waals surface area contributed by atoms with Crippen LogP contribution in [0.1, 0.15) is 20.3 Å². The lowest BCUT2D eigenvalue weighted by molar-refractivity contribution is -0.124. The Morgan fingerprint density at radius 1 is 1.90 bits per heavy atom. The summed E-state index contributed by atoms with van der Waals surface area (Å²) in [5.74, 6) is 0.0370. The highest BCUT2D eigenvalue weighted by Crippen LogP contribution is 2.28. The number of carbonyl (C=O) groups is 1. The molecule has 58 valence electrons. The lowest BCUT2D eigenvalue weighted by Crippen LogP contribution is -2.38. The van der Waals surface area contributed by atoms with Gasteiger partial charge in [0.2, 0.25) is 0 Å². The molecule has 0 amide bonds. The average Bonchev–Trinajstić information content (AvgIpc) is 2.66. The Balaban J connectivity index is 2.49. The van der Waals surface area contributed by atoms with Crippen molar-refractivity contribution in [2.75, 3.05) is 6.61 Å². The summed E-state index contributed by atoms with van der Waals surface area (Å²) in [5, 5.41) is 0. The molecule has 0 bridgehead atoms. The van der Waals surface area contributed by atoms with Gasteiger partial charge in [0.05, 0.1) is 12.6 Å². The van der Waals surface area contributed by atoms with Crippen LogP contribution in [0.4, 0.5) is 0 Å². The van der Waals surface area contributed by atoms with Crippen LogP contribution < -0.4 is 5.73 Å². The quantitative estimate of drug-likeness (QED) is 0.569. The molecule has 3 nitrogen and oxygen atoms in total. The molecule has 0 aromatic carbocycles. The molecule has 2 N–H and O–H groups in total. The lowest BCUT2D eigenvalue weighted by Gasteiger charge is -2.09. The van der Waals surface area contributed by atoms with E-state index in [9.17, 15) is 4.79 Å². The third-order valence-corrected chi connectivity index (χ3v) is 1.88. The SMILES string of the molecule is CCC(N)C(=O)C1(C)CO1. The fourth-order valence-corrected chi connectivity index (χ4v) is 0.828. The molecule has 3 heteroatoms. The number of ketones is 1. The summed E-state index contributed by atoms with van der Waals surface area (Å²) in [5.41, 5.74) is 4.98. The molecule has 0 saturated carbocycles. The van der Waals surface area contributed by atoms with Gasteiger partial charge in [0.1, 0.15) is 5.60 Å². The van der Waals surface area contributed by atoms with Crippen LogP contribution in [0.15, 0.2) is 0 Å². The van der Waals surface area contributed by atoms with Gasteiger partial charge in [0.15, 0.2) is 5.78 Å². The Kier molecular flexibility index (Phi) is 1.79. The van der Waals surface area contributed by atoms with Gasteiger partial charge in [-0.15, -0.1) is 0 Å². The fraction of sp³-hybridized carbons (Fsp3) is 0.857. The summed E-state index contributed by atoms with van der Waals surface area (Å²) in [4.78, 5) is 11.2. The predicted octanol–water partition coefficient (Wildman–Crippen LogP) is 0.0817. The molecule has 2 unspecified atom stereocenters. The summed E-state index contributed by atoms with van der Waals surface area (Å²) in [6, 6.07) is -0.340. The topological polar surface area (TPSA) is 55.6 Å². The highest BCUT2D eigenvalue weighted by molar-refractivity contribution is 5.93. The molecular formula is C7H13NO2. The molecule has 1 aliphatic rings. The van der Waals surface area contributed by atoms with Crippen molar-refractivity contribution >= 4 is 5.78 Å². The van der Waals surface area contributed by atoms with Gasteiger partial charge in [-0.25, -0.2) is 0 Å². The van der Waals surface area contributed by atoms with Crippen LogP contribution in [-0.4, -0.2) is 24.0 Å². The smallest absolute Gasteiger partial charge is 0.183 e. The van der Waals surface area contributed by atoms with E-state index in [4.69, 9.17) is 10.5 Å². The third kappa shape index (κ3) is 1.20. The van der Waals surface area contributed by atoms with Crippen LogP contribution in [0, 0.1) is 0 Å². The van der Waals surface area contributed by atoms with E-state index in [-0.39, 0.29) is 11.8 Å². The van der Waals surface area contributed by atoms with Crippen molar-refractivity contribution in [3.63, 3.8) is 0 Å². The lowest BCUT2D eigenvalue weighted by atomic mass is 10.00. The molecule has 1 fully saturated rings. The predicted molar refractivity (Wildman–Crippen MR) is 37.6 cm³/mol. The number of hydrogen-bond donors (Lipinski definition) is 1. The molecule has 1 heterocycles. The van der Waals surface area contributed by atoms with E-state index in [0.717, 1.165) is 0 Å². The van der Waals surface area contributed by atoms with Crippen molar-refractivity contribution in [2.24, 2.45) is 5.73 Å². The maximum absolute atomic E-state index is 11.2. The van der Waals surface area contributed by atoms with E-state index in [2.05, 4.69) is 0 Å². The second kappa shape index (κ2) is 2.32. The Bertz CT molecular complexity index is 152. The highest BCUT2D eigenvalue weighted by atomic mass is 16.6. The zero-order valence-electron chi connectivity index (χ0n) is 6.39. The van der Waals surface area contributed by atoms with Crippen LogP contribution >= 0.6 is 0 Å². The van der Waals surface area contributed by atoms with Gasteiger partial charge in [-0.3, -0.25) is 4.79 Å². The van der Waals surface area contributed by atoms with Crippen LogP contribution in [0.25, 0.3) is 0 Å². The molecule has 1 rings (SSSR count). The van der Waals surface area contributed by atoms with Crippen LogP contribution in [0.2, 0.25) is 0 Å². The zero-order chi connectivity index (χ0) is 7.78. The monoisotopic (exact) mass is 143 g/mol. The van der Waals surface area contributed by atoms with Gasteiger partial charge in [-0.1, -0.05) is 6.92 Å². The fourth-order valence-electron chi connectivity index (χ4n) is 0.828. The Morgan fingerprint density at radius 2 is 2.40 bits per heavy atom. The number of Topliss-reactive ketones (excluding diaryl/α,β-unsaturated/α-hetero) is 1. The average molecular weight is 143 g/mol. The van der Waals surface area contributed by atoms with Crippen LogP contribution in [0.5, 0.6) is 0 Å². The van der Waals surface area contributed by atoms with E-state index < -0.39 is 5.60 Å². The molecular weight excluding hydrogens is 130 g/mol. The first-order valence-electron chi connectivity index (χ1n) is 3.54. The Labute approximate surface area is 60.5 Å².